The van der Waals surface area contributed by atoms with Crippen LogP contribution >= 0.6 is 35.3 Å². The molecule has 0 radical (unpaired) electrons. The number of aliphatic imine (C=N–C) groups is 1. The summed E-state index contributed by atoms with van der Waals surface area (Å²) in [6, 6.07) is 18.2. The van der Waals surface area contributed by atoms with Crippen LogP contribution in [0.5, 0.6) is 5.75 Å². The molecular weight excluding hydrogens is 483 g/mol. The molecule has 0 bridgehead atoms. The number of hydrogen-bond acceptors (Lipinski definition) is 4. The fourth-order valence-electron chi connectivity index (χ4n) is 2.52. The quantitative estimate of drug-likeness (QED) is 0.276. The summed E-state index contributed by atoms with van der Waals surface area (Å²) in [6.07, 6.45) is 0. The van der Waals surface area contributed by atoms with E-state index in [2.05, 4.69) is 40.1 Å². The minimum atomic E-state index is 0. The van der Waals surface area contributed by atoms with Crippen LogP contribution in [-0.2, 0) is 13.1 Å². The lowest BCUT2D eigenvalue weighted by Crippen LogP contribution is -2.36. The lowest BCUT2D eigenvalue weighted by atomic mass is 10.2. The summed E-state index contributed by atoms with van der Waals surface area (Å²) >= 11 is 1.66. The van der Waals surface area contributed by atoms with Crippen LogP contribution in [0, 0.1) is 0 Å². The Kier molecular flexibility index (Phi) is 9.22. The van der Waals surface area contributed by atoms with E-state index in [1.54, 1.807) is 18.4 Å². The second-order valence-corrected chi connectivity index (χ2v) is 6.76. The van der Waals surface area contributed by atoms with Crippen molar-refractivity contribution in [2.45, 2.75) is 20.0 Å². The maximum Gasteiger partial charge on any atom is 0.191 e. The molecule has 2 N–H and O–H groups in total. The van der Waals surface area contributed by atoms with Gasteiger partial charge in [-0.2, -0.15) is 0 Å². The molecule has 7 heteroatoms. The molecular formula is C21H25IN4OS. The van der Waals surface area contributed by atoms with Crippen molar-refractivity contribution >= 4 is 41.3 Å². The second kappa shape index (κ2) is 11.7. The third-order valence-corrected chi connectivity index (χ3v) is 4.87. The molecule has 0 amide bonds. The fraction of sp³-hybridized carbons (Fsp3) is 0.238. The predicted octanol–water partition coefficient (Wildman–Crippen LogP) is 4.69. The first kappa shape index (κ1) is 22.2. The molecule has 0 fully saturated rings. The molecule has 0 aliphatic heterocycles. The summed E-state index contributed by atoms with van der Waals surface area (Å²) in [5, 5.41) is 9.75. The number of guanidine groups is 1. The molecule has 28 heavy (non-hydrogen) atoms. The number of benzene rings is 2. The van der Waals surface area contributed by atoms with Crippen molar-refractivity contribution < 1.29 is 4.74 Å². The van der Waals surface area contributed by atoms with Gasteiger partial charge in [-0.05, 0) is 24.6 Å². The van der Waals surface area contributed by atoms with E-state index in [-0.39, 0.29) is 24.0 Å². The zero-order chi connectivity index (χ0) is 18.9. The van der Waals surface area contributed by atoms with E-state index in [1.807, 2.05) is 42.5 Å². The number of halogens is 1. The number of thiazole rings is 1. The Balaban J connectivity index is 0.00000280. The van der Waals surface area contributed by atoms with Gasteiger partial charge in [-0.25, -0.2) is 9.98 Å². The van der Waals surface area contributed by atoms with Gasteiger partial charge >= 0.3 is 0 Å². The minimum Gasteiger partial charge on any atom is -0.497 e. The molecule has 0 spiro atoms. The first-order valence-corrected chi connectivity index (χ1v) is 9.81. The van der Waals surface area contributed by atoms with E-state index in [1.165, 1.54) is 0 Å². The molecule has 0 saturated heterocycles. The molecule has 5 nitrogen and oxygen atoms in total. The Morgan fingerprint density at radius 3 is 2.50 bits per heavy atom. The predicted molar refractivity (Wildman–Crippen MR) is 128 cm³/mol. The zero-order valence-electron chi connectivity index (χ0n) is 16.0. The summed E-state index contributed by atoms with van der Waals surface area (Å²) in [6.45, 7) is 4.10. The maximum atomic E-state index is 5.19. The van der Waals surface area contributed by atoms with Crippen molar-refractivity contribution in [2.24, 2.45) is 4.99 Å². The molecule has 1 aromatic heterocycles. The molecule has 2 aromatic carbocycles. The normalized spacial score (nSPS) is 10.9. The monoisotopic (exact) mass is 508 g/mol. The van der Waals surface area contributed by atoms with Crippen molar-refractivity contribution in [2.75, 3.05) is 13.7 Å². The number of nitrogens with one attached hydrogen (secondary N) is 2. The van der Waals surface area contributed by atoms with Crippen LogP contribution in [-0.4, -0.2) is 24.6 Å². The van der Waals surface area contributed by atoms with Crippen LogP contribution in [0.3, 0.4) is 0 Å². The molecule has 0 atom stereocenters. The second-order valence-electron chi connectivity index (χ2n) is 5.91. The van der Waals surface area contributed by atoms with Crippen molar-refractivity contribution in [3.05, 3.63) is 71.2 Å². The van der Waals surface area contributed by atoms with Crippen molar-refractivity contribution in [3.63, 3.8) is 0 Å². The Morgan fingerprint density at radius 1 is 1.07 bits per heavy atom. The summed E-state index contributed by atoms with van der Waals surface area (Å²) in [5.41, 5.74) is 3.29. The minimum absolute atomic E-state index is 0. The molecule has 3 rings (SSSR count). The van der Waals surface area contributed by atoms with Gasteiger partial charge in [-0.3, -0.25) is 0 Å². The highest BCUT2D eigenvalue weighted by atomic mass is 127. The third kappa shape index (κ3) is 6.49. The van der Waals surface area contributed by atoms with E-state index in [9.17, 15) is 0 Å². The molecule has 1 heterocycles. The Labute approximate surface area is 187 Å². The lowest BCUT2D eigenvalue weighted by Gasteiger charge is -2.10. The van der Waals surface area contributed by atoms with Gasteiger partial charge in [0.05, 0.1) is 25.9 Å². The van der Waals surface area contributed by atoms with Crippen LogP contribution in [0.4, 0.5) is 0 Å². The zero-order valence-corrected chi connectivity index (χ0v) is 19.2. The first-order chi connectivity index (χ1) is 13.3. The first-order valence-electron chi connectivity index (χ1n) is 8.93. The van der Waals surface area contributed by atoms with E-state index in [4.69, 9.17) is 9.72 Å². The van der Waals surface area contributed by atoms with Gasteiger partial charge in [0, 0.05) is 17.5 Å². The molecule has 0 saturated carbocycles. The fourth-order valence-corrected chi connectivity index (χ4v) is 3.34. The highest BCUT2D eigenvalue weighted by molar-refractivity contribution is 14.0. The van der Waals surface area contributed by atoms with Crippen LogP contribution in [0.2, 0.25) is 0 Å². The number of nitrogens with zero attached hydrogens (tertiary/aromatic N) is 2. The van der Waals surface area contributed by atoms with Crippen LogP contribution < -0.4 is 15.4 Å². The highest BCUT2D eigenvalue weighted by Gasteiger charge is 2.05. The Hall–Kier alpha value is -2.13. The number of rotatable bonds is 7. The smallest absolute Gasteiger partial charge is 0.191 e. The van der Waals surface area contributed by atoms with Crippen molar-refractivity contribution in [1.29, 1.82) is 0 Å². The van der Waals surface area contributed by atoms with Gasteiger partial charge in [-0.1, -0.05) is 42.5 Å². The van der Waals surface area contributed by atoms with E-state index < -0.39 is 0 Å². The highest BCUT2D eigenvalue weighted by Crippen LogP contribution is 2.23. The van der Waals surface area contributed by atoms with Gasteiger partial charge in [0.25, 0.3) is 0 Å². The summed E-state index contributed by atoms with van der Waals surface area (Å²) in [7, 11) is 1.67. The maximum absolute atomic E-state index is 5.19. The average Bonchev–Trinajstić information content (AvgIpc) is 3.20. The van der Waals surface area contributed by atoms with Crippen molar-refractivity contribution in [3.8, 4) is 16.3 Å². The summed E-state index contributed by atoms with van der Waals surface area (Å²) < 4.78 is 5.19. The lowest BCUT2D eigenvalue weighted by molar-refractivity contribution is 0.414. The largest absolute Gasteiger partial charge is 0.497 e. The van der Waals surface area contributed by atoms with E-state index >= 15 is 0 Å². The van der Waals surface area contributed by atoms with Gasteiger partial charge in [-0.15, -0.1) is 35.3 Å². The van der Waals surface area contributed by atoms with E-state index in [0.717, 1.165) is 40.1 Å². The number of hydrogen-bond donors (Lipinski definition) is 2. The van der Waals surface area contributed by atoms with Crippen molar-refractivity contribution in [1.82, 2.24) is 15.6 Å². The SMILES string of the molecule is CCNC(=NCc1ccc(OC)cc1)NCc1csc(-c2ccccc2)n1.I. The molecule has 0 aliphatic rings. The third-order valence-electron chi connectivity index (χ3n) is 3.93. The Bertz CT molecular complexity index is 866. The molecule has 0 aliphatic carbocycles. The van der Waals surface area contributed by atoms with Crippen LogP contribution in [0.25, 0.3) is 10.6 Å². The molecule has 148 valence electrons. The topological polar surface area (TPSA) is 58.5 Å². The van der Waals surface area contributed by atoms with Gasteiger partial charge in [0.1, 0.15) is 10.8 Å². The van der Waals surface area contributed by atoms with E-state index in [0.29, 0.717) is 13.1 Å². The average molecular weight is 508 g/mol. The molecule has 0 unspecified atom stereocenters. The van der Waals surface area contributed by atoms with Crippen LogP contribution in [0.1, 0.15) is 18.2 Å². The standard InChI is InChI=1S/C21H24N4OS.HI/c1-3-22-21(23-13-16-9-11-19(26-2)12-10-16)24-14-18-15-27-20(25-18)17-7-5-4-6-8-17;/h4-12,15H,3,13-14H2,1-2H3,(H2,22,23,24);1H. The summed E-state index contributed by atoms with van der Waals surface area (Å²) in [4.78, 5) is 9.36. The number of ether oxygens (including phenoxy) is 1. The number of methoxy groups -OCH3 is 1. The summed E-state index contributed by atoms with van der Waals surface area (Å²) in [5.74, 6) is 1.63. The number of aromatic nitrogens is 1. The van der Waals surface area contributed by atoms with Crippen LogP contribution in [0.15, 0.2) is 65.0 Å². The van der Waals surface area contributed by atoms with Gasteiger partial charge in [0.2, 0.25) is 0 Å². The molecule has 3 aromatic rings. The Morgan fingerprint density at radius 2 is 1.82 bits per heavy atom. The van der Waals surface area contributed by atoms with Gasteiger partial charge in [0.15, 0.2) is 5.96 Å². The van der Waals surface area contributed by atoms with Gasteiger partial charge < -0.3 is 15.4 Å².